The highest BCUT2D eigenvalue weighted by Gasteiger charge is 2.13. The summed E-state index contributed by atoms with van der Waals surface area (Å²) in [7, 11) is 0. The summed E-state index contributed by atoms with van der Waals surface area (Å²) in [4.78, 5) is 0. The molecule has 0 bridgehead atoms. The maximum Gasteiger partial charge on any atom is 0.175 e. The first-order valence-electron chi connectivity index (χ1n) is 9.91. The SMILES string of the molecule is CCOc1cc(CNc2cc(C)ccc2C)cc(Br)c1OCc1ccc(C)cc1. The summed E-state index contributed by atoms with van der Waals surface area (Å²) in [5.41, 5.74) is 7.13. The minimum Gasteiger partial charge on any atom is -0.490 e. The zero-order valence-corrected chi connectivity index (χ0v) is 19.1. The normalized spacial score (nSPS) is 10.7. The lowest BCUT2D eigenvalue weighted by atomic mass is 10.1. The Bertz CT molecular complexity index is 967. The Morgan fingerprint density at radius 2 is 1.55 bits per heavy atom. The third-order valence-corrected chi connectivity index (χ3v) is 5.34. The van der Waals surface area contributed by atoms with E-state index in [1.807, 2.05) is 6.92 Å². The van der Waals surface area contributed by atoms with Crippen molar-refractivity contribution in [3.8, 4) is 11.5 Å². The lowest BCUT2D eigenvalue weighted by molar-refractivity contribution is 0.267. The van der Waals surface area contributed by atoms with Gasteiger partial charge in [-0.25, -0.2) is 0 Å². The Labute approximate surface area is 182 Å². The molecule has 4 heteroatoms. The molecule has 0 aliphatic heterocycles. The molecule has 0 fully saturated rings. The smallest absolute Gasteiger partial charge is 0.175 e. The maximum atomic E-state index is 6.11. The molecule has 0 aliphatic carbocycles. The highest BCUT2D eigenvalue weighted by atomic mass is 79.9. The van der Waals surface area contributed by atoms with Crippen molar-refractivity contribution >= 4 is 21.6 Å². The van der Waals surface area contributed by atoms with Crippen molar-refractivity contribution in [1.82, 2.24) is 0 Å². The molecular formula is C25H28BrNO2. The summed E-state index contributed by atoms with van der Waals surface area (Å²) in [6, 6.07) is 19.0. The standard InChI is InChI=1S/C25H28BrNO2/c1-5-28-24-14-21(15-27-23-12-18(3)6-9-19(23)4)13-22(26)25(24)29-16-20-10-7-17(2)8-11-20/h6-14,27H,5,15-16H2,1-4H3. The van der Waals surface area contributed by atoms with Crippen molar-refractivity contribution in [2.75, 3.05) is 11.9 Å². The molecule has 0 atom stereocenters. The summed E-state index contributed by atoms with van der Waals surface area (Å²) < 4.78 is 12.9. The first-order chi connectivity index (χ1) is 14.0. The quantitative estimate of drug-likeness (QED) is 0.399. The molecule has 3 rings (SSSR count). The van der Waals surface area contributed by atoms with Gasteiger partial charge in [0.2, 0.25) is 0 Å². The van der Waals surface area contributed by atoms with Gasteiger partial charge in [0.25, 0.3) is 0 Å². The third kappa shape index (κ3) is 5.77. The van der Waals surface area contributed by atoms with Crippen molar-refractivity contribution < 1.29 is 9.47 Å². The zero-order valence-electron chi connectivity index (χ0n) is 17.5. The van der Waals surface area contributed by atoms with E-state index in [1.54, 1.807) is 0 Å². The van der Waals surface area contributed by atoms with E-state index in [9.17, 15) is 0 Å². The van der Waals surface area contributed by atoms with Crippen LogP contribution in [0.5, 0.6) is 11.5 Å². The molecule has 3 aromatic rings. The molecule has 0 aromatic heterocycles. The van der Waals surface area contributed by atoms with Gasteiger partial charge in [-0.3, -0.25) is 0 Å². The predicted molar refractivity (Wildman–Crippen MR) is 124 cm³/mol. The fourth-order valence-corrected chi connectivity index (χ4v) is 3.69. The minimum atomic E-state index is 0.499. The highest BCUT2D eigenvalue weighted by Crippen LogP contribution is 2.37. The molecule has 0 aliphatic rings. The fourth-order valence-electron chi connectivity index (χ4n) is 3.09. The van der Waals surface area contributed by atoms with Gasteiger partial charge in [-0.15, -0.1) is 0 Å². The Morgan fingerprint density at radius 1 is 0.828 bits per heavy atom. The van der Waals surface area contributed by atoms with Crippen LogP contribution in [0.3, 0.4) is 0 Å². The first kappa shape index (κ1) is 21.3. The number of nitrogens with one attached hydrogen (secondary N) is 1. The molecule has 3 nitrogen and oxygen atoms in total. The van der Waals surface area contributed by atoms with Gasteiger partial charge in [-0.2, -0.15) is 0 Å². The van der Waals surface area contributed by atoms with Gasteiger partial charge >= 0.3 is 0 Å². The number of hydrogen-bond donors (Lipinski definition) is 1. The Balaban J connectivity index is 1.76. The van der Waals surface area contributed by atoms with Crippen molar-refractivity contribution in [2.24, 2.45) is 0 Å². The van der Waals surface area contributed by atoms with Gasteiger partial charge in [0.15, 0.2) is 11.5 Å². The number of ether oxygens (including phenoxy) is 2. The molecule has 0 heterocycles. The number of rotatable bonds is 8. The summed E-state index contributed by atoms with van der Waals surface area (Å²) in [6.45, 7) is 10.1. The second-order valence-electron chi connectivity index (χ2n) is 7.28. The van der Waals surface area contributed by atoms with E-state index in [-0.39, 0.29) is 0 Å². The van der Waals surface area contributed by atoms with Gasteiger partial charge in [0.05, 0.1) is 11.1 Å². The van der Waals surface area contributed by atoms with E-state index in [2.05, 4.69) is 96.6 Å². The maximum absolute atomic E-state index is 6.11. The van der Waals surface area contributed by atoms with E-state index in [0.717, 1.165) is 32.8 Å². The monoisotopic (exact) mass is 453 g/mol. The van der Waals surface area contributed by atoms with Gasteiger partial charge in [-0.05, 0) is 84.1 Å². The summed E-state index contributed by atoms with van der Waals surface area (Å²) >= 11 is 3.67. The largest absolute Gasteiger partial charge is 0.490 e. The summed E-state index contributed by atoms with van der Waals surface area (Å²) in [6.07, 6.45) is 0. The van der Waals surface area contributed by atoms with Gasteiger partial charge in [0, 0.05) is 12.2 Å². The summed E-state index contributed by atoms with van der Waals surface area (Å²) in [5, 5.41) is 3.53. The van der Waals surface area contributed by atoms with Gasteiger partial charge in [-0.1, -0.05) is 42.0 Å². The van der Waals surface area contributed by atoms with Crippen LogP contribution in [-0.2, 0) is 13.2 Å². The van der Waals surface area contributed by atoms with Crippen LogP contribution in [0.25, 0.3) is 0 Å². The van der Waals surface area contributed by atoms with Crippen molar-refractivity contribution in [3.05, 3.63) is 86.9 Å². The third-order valence-electron chi connectivity index (χ3n) is 4.75. The lowest BCUT2D eigenvalue weighted by Gasteiger charge is -2.17. The van der Waals surface area contributed by atoms with Crippen LogP contribution in [0, 0.1) is 20.8 Å². The van der Waals surface area contributed by atoms with Crippen molar-refractivity contribution in [1.29, 1.82) is 0 Å². The predicted octanol–water partition coefficient (Wildman–Crippen LogP) is 6.96. The molecular weight excluding hydrogens is 426 g/mol. The fraction of sp³-hybridized carbons (Fsp3) is 0.280. The van der Waals surface area contributed by atoms with E-state index in [1.165, 1.54) is 16.7 Å². The van der Waals surface area contributed by atoms with Crippen LogP contribution in [0.15, 0.2) is 59.1 Å². The van der Waals surface area contributed by atoms with Crippen molar-refractivity contribution in [2.45, 2.75) is 40.8 Å². The van der Waals surface area contributed by atoms with E-state index in [0.29, 0.717) is 19.8 Å². The van der Waals surface area contributed by atoms with Crippen LogP contribution in [0.4, 0.5) is 5.69 Å². The van der Waals surface area contributed by atoms with Gasteiger partial charge < -0.3 is 14.8 Å². The van der Waals surface area contributed by atoms with Crippen LogP contribution in [0.2, 0.25) is 0 Å². The van der Waals surface area contributed by atoms with Crippen LogP contribution in [-0.4, -0.2) is 6.61 Å². The number of anilines is 1. The Kier molecular flexibility index (Phi) is 7.21. The molecule has 0 amide bonds. The molecule has 29 heavy (non-hydrogen) atoms. The molecule has 0 radical (unpaired) electrons. The minimum absolute atomic E-state index is 0.499. The van der Waals surface area contributed by atoms with E-state index >= 15 is 0 Å². The molecule has 1 N–H and O–H groups in total. The average molecular weight is 454 g/mol. The van der Waals surface area contributed by atoms with E-state index in [4.69, 9.17) is 9.47 Å². The van der Waals surface area contributed by atoms with Crippen LogP contribution in [0.1, 0.15) is 34.7 Å². The van der Waals surface area contributed by atoms with E-state index < -0.39 is 0 Å². The van der Waals surface area contributed by atoms with Crippen LogP contribution >= 0.6 is 15.9 Å². The molecule has 152 valence electrons. The number of benzene rings is 3. The Morgan fingerprint density at radius 3 is 2.28 bits per heavy atom. The molecule has 0 saturated heterocycles. The van der Waals surface area contributed by atoms with Crippen LogP contribution < -0.4 is 14.8 Å². The number of halogens is 1. The highest BCUT2D eigenvalue weighted by molar-refractivity contribution is 9.10. The topological polar surface area (TPSA) is 30.5 Å². The second-order valence-corrected chi connectivity index (χ2v) is 8.14. The average Bonchev–Trinajstić information content (AvgIpc) is 2.69. The van der Waals surface area contributed by atoms with Crippen molar-refractivity contribution in [3.63, 3.8) is 0 Å². The number of hydrogen-bond acceptors (Lipinski definition) is 3. The molecule has 0 unspecified atom stereocenters. The summed E-state index contributed by atoms with van der Waals surface area (Å²) in [5.74, 6) is 1.50. The first-order valence-corrected chi connectivity index (χ1v) is 10.7. The molecule has 0 saturated carbocycles. The Hall–Kier alpha value is -2.46. The number of aryl methyl sites for hydroxylation is 3. The molecule has 0 spiro atoms. The van der Waals surface area contributed by atoms with Gasteiger partial charge in [0.1, 0.15) is 6.61 Å². The zero-order chi connectivity index (χ0) is 20.8. The lowest BCUT2D eigenvalue weighted by Crippen LogP contribution is -2.05. The second kappa shape index (κ2) is 9.84. The molecule has 3 aromatic carbocycles.